The van der Waals surface area contributed by atoms with Gasteiger partial charge in [-0.2, -0.15) is 5.10 Å². The standard InChI is InChI=1S/C12H11ClN2O/c1-9-6-7-15(14-9)8-12(16)10-4-2-3-5-11(10)13/h2-7H,8H2,1H3. The molecule has 2 rings (SSSR count). The number of halogens is 1. The van der Waals surface area contributed by atoms with Crippen molar-refractivity contribution in [1.82, 2.24) is 9.78 Å². The molecule has 0 saturated carbocycles. The highest BCUT2D eigenvalue weighted by molar-refractivity contribution is 6.33. The van der Waals surface area contributed by atoms with Gasteiger partial charge < -0.3 is 0 Å². The third-order valence-corrected chi connectivity index (χ3v) is 2.58. The minimum absolute atomic E-state index is 0.0336. The van der Waals surface area contributed by atoms with E-state index in [-0.39, 0.29) is 12.3 Å². The fraction of sp³-hybridized carbons (Fsp3) is 0.167. The summed E-state index contributed by atoms with van der Waals surface area (Å²) in [5.74, 6) is -0.0336. The molecule has 0 atom stereocenters. The molecule has 16 heavy (non-hydrogen) atoms. The van der Waals surface area contributed by atoms with Crippen LogP contribution in [-0.4, -0.2) is 15.6 Å². The SMILES string of the molecule is Cc1ccn(CC(=O)c2ccccc2Cl)n1. The Kier molecular flexibility index (Phi) is 3.06. The van der Waals surface area contributed by atoms with Gasteiger partial charge in [0.1, 0.15) is 6.54 Å². The van der Waals surface area contributed by atoms with Gasteiger partial charge in [0, 0.05) is 11.8 Å². The molecule has 82 valence electrons. The van der Waals surface area contributed by atoms with Crippen molar-refractivity contribution in [2.45, 2.75) is 13.5 Å². The summed E-state index contributed by atoms with van der Waals surface area (Å²) >= 11 is 5.94. The molecule has 0 aliphatic heterocycles. The van der Waals surface area contributed by atoms with Gasteiger partial charge in [0.2, 0.25) is 0 Å². The molecule has 0 aliphatic rings. The summed E-state index contributed by atoms with van der Waals surface area (Å²) in [6.45, 7) is 2.11. The normalized spacial score (nSPS) is 10.4. The summed E-state index contributed by atoms with van der Waals surface area (Å²) in [6.07, 6.45) is 1.78. The Morgan fingerprint density at radius 2 is 2.12 bits per heavy atom. The van der Waals surface area contributed by atoms with Crippen LogP contribution in [0.5, 0.6) is 0 Å². The van der Waals surface area contributed by atoms with Crippen LogP contribution in [0.4, 0.5) is 0 Å². The molecule has 0 saturated heterocycles. The smallest absolute Gasteiger partial charge is 0.185 e. The number of carbonyl (C=O) groups is 1. The van der Waals surface area contributed by atoms with E-state index in [0.29, 0.717) is 10.6 Å². The summed E-state index contributed by atoms with van der Waals surface area (Å²) in [6, 6.07) is 8.90. The summed E-state index contributed by atoms with van der Waals surface area (Å²) in [5.41, 5.74) is 1.43. The molecule has 2 aromatic rings. The van der Waals surface area contributed by atoms with Crippen molar-refractivity contribution in [2.75, 3.05) is 0 Å². The molecular formula is C12H11ClN2O. The summed E-state index contributed by atoms with van der Waals surface area (Å²) in [5, 5.41) is 4.64. The Bertz CT molecular complexity index is 519. The molecule has 4 heteroatoms. The quantitative estimate of drug-likeness (QED) is 0.766. The first-order valence-corrected chi connectivity index (χ1v) is 5.32. The molecule has 0 aliphatic carbocycles. The number of nitrogens with zero attached hydrogens (tertiary/aromatic N) is 2. The van der Waals surface area contributed by atoms with E-state index in [1.807, 2.05) is 13.0 Å². The number of carbonyl (C=O) groups excluding carboxylic acids is 1. The average molecular weight is 235 g/mol. The number of hydrogen-bond donors (Lipinski definition) is 0. The highest BCUT2D eigenvalue weighted by Gasteiger charge is 2.10. The molecule has 1 aromatic carbocycles. The molecule has 0 N–H and O–H groups in total. The number of rotatable bonds is 3. The lowest BCUT2D eigenvalue weighted by atomic mass is 10.1. The molecule has 0 spiro atoms. The predicted molar refractivity (Wildman–Crippen MR) is 62.7 cm³/mol. The minimum atomic E-state index is -0.0336. The highest BCUT2D eigenvalue weighted by Crippen LogP contribution is 2.15. The number of hydrogen-bond acceptors (Lipinski definition) is 2. The Balaban J connectivity index is 2.18. The van der Waals surface area contributed by atoms with Crippen LogP contribution in [0.3, 0.4) is 0 Å². The van der Waals surface area contributed by atoms with E-state index in [1.54, 1.807) is 35.1 Å². The second kappa shape index (κ2) is 4.49. The monoisotopic (exact) mass is 234 g/mol. The van der Waals surface area contributed by atoms with Crippen LogP contribution in [0.25, 0.3) is 0 Å². The van der Waals surface area contributed by atoms with Crippen LogP contribution >= 0.6 is 11.6 Å². The van der Waals surface area contributed by atoms with Gasteiger partial charge in [-0.15, -0.1) is 0 Å². The van der Waals surface area contributed by atoms with E-state index < -0.39 is 0 Å². The first kappa shape index (κ1) is 10.9. The lowest BCUT2D eigenvalue weighted by molar-refractivity contribution is 0.0968. The number of aryl methyl sites for hydroxylation is 1. The van der Waals surface area contributed by atoms with Crippen molar-refractivity contribution in [3.8, 4) is 0 Å². The molecule has 0 unspecified atom stereocenters. The molecule has 3 nitrogen and oxygen atoms in total. The zero-order valence-corrected chi connectivity index (χ0v) is 9.61. The van der Waals surface area contributed by atoms with Crippen LogP contribution in [0.15, 0.2) is 36.5 Å². The third-order valence-electron chi connectivity index (χ3n) is 2.25. The maximum absolute atomic E-state index is 11.9. The largest absolute Gasteiger partial charge is 0.292 e. The van der Waals surface area contributed by atoms with E-state index >= 15 is 0 Å². The maximum atomic E-state index is 11.9. The number of Topliss-reactive ketones (excluding diaryl/α,β-unsaturated/α-hetero) is 1. The molecule has 1 aromatic heterocycles. The molecule has 0 amide bonds. The van der Waals surface area contributed by atoms with Gasteiger partial charge >= 0.3 is 0 Å². The van der Waals surface area contributed by atoms with Gasteiger partial charge in [-0.1, -0.05) is 23.7 Å². The molecule has 1 heterocycles. The number of aromatic nitrogens is 2. The van der Waals surface area contributed by atoms with Gasteiger partial charge in [0.15, 0.2) is 5.78 Å². The van der Waals surface area contributed by atoms with Gasteiger partial charge in [0.25, 0.3) is 0 Å². The summed E-state index contributed by atoms with van der Waals surface area (Å²) in [7, 11) is 0. The van der Waals surface area contributed by atoms with Crippen molar-refractivity contribution in [2.24, 2.45) is 0 Å². The maximum Gasteiger partial charge on any atom is 0.185 e. The summed E-state index contributed by atoms with van der Waals surface area (Å²) in [4.78, 5) is 11.9. The van der Waals surface area contributed by atoms with Crippen molar-refractivity contribution in [1.29, 1.82) is 0 Å². The molecule has 0 bridgehead atoms. The highest BCUT2D eigenvalue weighted by atomic mass is 35.5. The topological polar surface area (TPSA) is 34.9 Å². The van der Waals surface area contributed by atoms with E-state index in [4.69, 9.17) is 11.6 Å². The van der Waals surface area contributed by atoms with Gasteiger partial charge in [-0.05, 0) is 25.1 Å². The molecule has 0 radical (unpaired) electrons. The fourth-order valence-corrected chi connectivity index (χ4v) is 1.71. The number of benzene rings is 1. The second-order valence-corrected chi connectivity index (χ2v) is 3.96. The van der Waals surface area contributed by atoms with E-state index in [1.165, 1.54) is 0 Å². The van der Waals surface area contributed by atoms with Crippen molar-refractivity contribution < 1.29 is 4.79 Å². The Hall–Kier alpha value is -1.61. The average Bonchev–Trinajstić information content (AvgIpc) is 2.64. The lowest BCUT2D eigenvalue weighted by Crippen LogP contribution is -2.11. The summed E-state index contributed by atoms with van der Waals surface area (Å²) < 4.78 is 1.61. The van der Waals surface area contributed by atoms with Crippen LogP contribution in [0.2, 0.25) is 5.02 Å². The van der Waals surface area contributed by atoms with Crippen LogP contribution in [0, 0.1) is 6.92 Å². The Morgan fingerprint density at radius 3 is 2.75 bits per heavy atom. The van der Waals surface area contributed by atoms with Crippen LogP contribution < -0.4 is 0 Å². The second-order valence-electron chi connectivity index (χ2n) is 3.56. The van der Waals surface area contributed by atoms with Crippen LogP contribution in [0.1, 0.15) is 16.1 Å². The Morgan fingerprint density at radius 1 is 1.38 bits per heavy atom. The van der Waals surface area contributed by atoms with E-state index in [9.17, 15) is 4.79 Å². The van der Waals surface area contributed by atoms with E-state index in [0.717, 1.165) is 5.69 Å². The minimum Gasteiger partial charge on any atom is -0.292 e. The molecular weight excluding hydrogens is 224 g/mol. The van der Waals surface area contributed by atoms with Gasteiger partial charge in [-0.25, -0.2) is 0 Å². The molecule has 0 fully saturated rings. The van der Waals surface area contributed by atoms with Crippen molar-refractivity contribution >= 4 is 17.4 Å². The van der Waals surface area contributed by atoms with Crippen molar-refractivity contribution in [3.05, 3.63) is 52.8 Å². The lowest BCUT2D eigenvalue weighted by Gasteiger charge is -2.03. The van der Waals surface area contributed by atoms with Gasteiger partial charge in [-0.3, -0.25) is 9.48 Å². The van der Waals surface area contributed by atoms with Gasteiger partial charge in [0.05, 0.1) is 10.7 Å². The number of ketones is 1. The first-order valence-electron chi connectivity index (χ1n) is 4.94. The first-order chi connectivity index (χ1) is 7.66. The zero-order valence-electron chi connectivity index (χ0n) is 8.85. The van der Waals surface area contributed by atoms with Crippen molar-refractivity contribution in [3.63, 3.8) is 0 Å². The van der Waals surface area contributed by atoms with Crippen LogP contribution in [-0.2, 0) is 6.54 Å². The Labute approximate surface area is 98.7 Å². The third kappa shape index (κ3) is 2.31. The zero-order chi connectivity index (χ0) is 11.5. The fourth-order valence-electron chi connectivity index (χ4n) is 1.47. The van der Waals surface area contributed by atoms with E-state index in [2.05, 4.69) is 5.10 Å². The predicted octanol–water partition coefficient (Wildman–Crippen LogP) is 2.73.